The summed E-state index contributed by atoms with van der Waals surface area (Å²) < 4.78 is 42.6. The lowest BCUT2D eigenvalue weighted by Gasteiger charge is -2.35. The van der Waals surface area contributed by atoms with E-state index in [1.54, 1.807) is 12.0 Å². The van der Waals surface area contributed by atoms with Gasteiger partial charge in [0.1, 0.15) is 6.61 Å². The standard InChI is InChI=1S/C19H22F2N2O4/c1-25-10-8-13-5-2-3-9-23(13)19(24)17-11-14(27-22-17)12-26-18-15(20)6-4-7-16(18)21/h4,6-7,11,13H,2-3,5,8-10,12H2,1H3/t13-/m0/s1. The van der Waals surface area contributed by atoms with Gasteiger partial charge in [-0.15, -0.1) is 0 Å². The van der Waals surface area contributed by atoms with Gasteiger partial charge >= 0.3 is 0 Å². The van der Waals surface area contributed by atoms with E-state index in [9.17, 15) is 13.6 Å². The first-order chi connectivity index (χ1) is 13.1. The molecule has 1 fully saturated rings. The van der Waals surface area contributed by atoms with Gasteiger partial charge in [-0.25, -0.2) is 8.78 Å². The average Bonchev–Trinajstić information content (AvgIpc) is 3.14. The molecule has 1 saturated heterocycles. The summed E-state index contributed by atoms with van der Waals surface area (Å²) in [5.74, 6) is -2.10. The van der Waals surface area contributed by atoms with Crippen LogP contribution in [0.15, 0.2) is 28.8 Å². The van der Waals surface area contributed by atoms with E-state index >= 15 is 0 Å². The minimum absolute atomic E-state index is 0.107. The number of likely N-dealkylation sites (tertiary alicyclic amines) is 1. The molecule has 3 rings (SSSR count). The Morgan fingerprint density at radius 1 is 1.33 bits per heavy atom. The third kappa shape index (κ3) is 4.63. The van der Waals surface area contributed by atoms with Gasteiger partial charge in [-0.05, 0) is 37.8 Å². The normalized spacial score (nSPS) is 17.1. The number of carbonyl (C=O) groups is 1. The van der Waals surface area contributed by atoms with Gasteiger partial charge in [0.15, 0.2) is 28.8 Å². The number of nitrogens with zero attached hydrogens (tertiary/aromatic N) is 2. The van der Waals surface area contributed by atoms with Crippen LogP contribution in [0.25, 0.3) is 0 Å². The fraction of sp³-hybridized carbons (Fsp3) is 0.474. The van der Waals surface area contributed by atoms with Crippen LogP contribution in [-0.4, -0.2) is 42.3 Å². The van der Waals surface area contributed by atoms with E-state index in [-0.39, 0.29) is 30.0 Å². The Morgan fingerprint density at radius 2 is 2.11 bits per heavy atom. The van der Waals surface area contributed by atoms with Crippen LogP contribution in [-0.2, 0) is 11.3 Å². The maximum atomic E-state index is 13.6. The largest absolute Gasteiger partial charge is 0.479 e. The predicted octanol–water partition coefficient (Wildman–Crippen LogP) is 3.56. The van der Waals surface area contributed by atoms with Crippen LogP contribution in [0.4, 0.5) is 8.78 Å². The number of para-hydroxylation sites is 1. The van der Waals surface area contributed by atoms with Crippen molar-refractivity contribution in [3.8, 4) is 5.75 Å². The smallest absolute Gasteiger partial charge is 0.276 e. The second kappa shape index (κ2) is 8.94. The third-order valence-electron chi connectivity index (χ3n) is 4.60. The van der Waals surface area contributed by atoms with Gasteiger partial charge in [-0.1, -0.05) is 11.2 Å². The SMILES string of the molecule is COCC[C@@H]1CCCCN1C(=O)c1cc(COc2c(F)cccc2F)on1. The molecule has 0 N–H and O–H groups in total. The number of benzene rings is 1. The van der Waals surface area contributed by atoms with E-state index in [4.69, 9.17) is 14.0 Å². The van der Waals surface area contributed by atoms with Gasteiger partial charge in [0.2, 0.25) is 0 Å². The molecule has 8 heteroatoms. The summed E-state index contributed by atoms with van der Waals surface area (Å²) in [6, 6.07) is 5.01. The number of aromatic nitrogens is 1. The number of halogens is 2. The minimum atomic E-state index is -0.805. The van der Waals surface area contributed by atoms with Crippen LogP contribution >= 0.6 is 0 Å². The van der Waals surface area contributed by atoms with Crippen LogP contribution in [0, 0.1) is 11.6 Å². The molecule has 146 valence electrons. The Kier molecular flexibility index (Phi) is 6.39. The highest BCUT2D eigenvalue weighted by molar-refractivity contribution is 5.92. The molecule has 1 aromatic carbocycles. The second-order valence-corrected chi connectivity index (χ2v) is 6.45. The van der Waals surface area contributed by atoms with Gasteiger partial charge in [0, 0.05) is 32.4 Å². The highest BCUT2D eigenvalue weighted by Crippen LogP contribution is 2.24. The van der Waals surface area contributed by atoms with Crippen molar-refractivity contribution in [1.29, 1.82) is 0 Å². The van der Waals surface area contributed by atoms with Crippen molar-refractivity contribution in [3.63, 3.8) is 0 Å². The van der Waals surface area contributed by atoms with Crippen molar-refractivity contribution in [2.24, 2.45) is 0 Å². The van der Waals surface area contributed by atoms with Crippen LogP contribution in [0.3, 0.4) is 0 Å². The van der Waals surface area contributed by atoms with Crippen molar-refractivity contribution in [2.45, 2.75) is 38.3 Å². The molecule has 0 radical (unpaired) electrons. The van der Waals surface area contributed by atoms with Crippen molar-refractivity contribution in [2.75, 3.05) is 20.3 Å². The Morgan fingerprint density at radius 3 is 2.85 bits per heavy atom. The Hall–Kier alpha value is -2.48. The molecular weight excluding hydrogens is 358 g/mol. The van der Waals surface area contributed by atoms with Crippen LogP contribution < -0.4 is 4.74 Å². The van der Waals surface area contributed by atoms with E-state index in [0.29, 0.717) is 13.2 Å². The summed E-state index contributed by atoms with van der Waals surface area (Å²) in [5, 5.41) is 3.80. The lowest BCUT2D eigenvalue weighted by molar-refractivity contribution is 0.0543. The molecule has 1 aliphatic heterocycles. The maximum Gasteiger partial charge on any atom is 0.276 e. The number of hydrogen-bond acceptors (Lipinski definition) is 5. The van der Waals surface area contributed by atoms with E-state index < -0.39 is 17.4 Å². The quantitative estimate of drug-likeness (QED) is 0.735. The van der Waals surface area contributed by atoms with Crippen molar-refractivity contribution in [3.05, 3.63) is 47.4 Å². The van der Waals surface area contributed by atoms with Crippen molar-refractivity contribution < 1.29 is 27.6 Å². The van der Waals surface area contributed by atoms with Gasteiger partial charge in [-0.2, -0.15) is 0 Å². The van der Waals surface area contributed by atoms with Crippen molar-refractivity contribution in [1.82, 2.24) is 10.1 Å². The summed E-state index contributed by atoms with van der Waals surface area (Å²) in [6.45, 7) is 1.01. The summed E-state index contributed by atoms with van der Waals surface area (Å²) in [7, 11) is 1.64. The van der Waals surface area contributed by atoms with Crippen LogP contribution in [0.2, 0.25) is 0 Å². The van der Waals surface area contributed by atoms with E-state index in [0.717, 1.165) is 37.8 Å². The molecular formula is C19H22F2N2O4. The first kappa shape index (κ1) is 19.3. The lowest BCUT2D eigenvalue weighted by atomic mass is 9.99. The Balaban J connectivity index is 1.64. The molecule has 1 atom stereocenters. The zero-order valence-electron chi connectivity index (χ0n) is 15.1. The minimum Gasteiger partial charge on any atom is -0.479 e. The third-order valence-corrected chi connectivity index (χ3v) is 4.60. The molecule has 0 unspecified atom stereocenters. The summed E-state index contributed by atoms with van der Waals surface area (Å²) in [4.78, 5) is 14.6. The molecule has 1 aliphatic rings. The number of ether oxygens (including phenoxy) is 2. The molecule has 6 nitrogen and oxygen atoms in total. The second-order valence-electron chi connectivity index (χ2n) is 6.45. The molecule has 0 spiro atoms. The summed E-state index contributed by atoms with van der Waals surface area (Å²) in [6.07, 6.45) is 3.71. The maximum absolute atomic E-state index is 13.6. The molecule has 0 saturated carbocycles. The lowest BCUT2D eigenvalue weighted by Crippen LogP contribution is -2.44. The monoisotopic (exact) mass is 380 g/mol. The zero-order chi connectivity index (χ0) is 19.2. The van der Waals surface area contributed by atoms with E-state index in [2.05, 4.69) is 5.16 Å². The molecule has 1 aromatic heterocycles. The summed E-state index contributed by atoms with van der Waals surface area (Å²) >= 11 is 0. The number of rotatable bonds is 7. The molecule has 1 amide bonds. The molecule has 2 aromatic rings. The number of carbonyl (C=O) groups excluding carboxylic acids is 1. The topological polar surface area (TPSA) is 64.8 Å². The molecule has 0 bridgehead atoms. The van der Waals surface area contributed by atoms with E-state index in [1.807, 2.05) is 0 Å². The number of piperidine rings is 1. The number of methoxy groups -OCH3 is 1. The molecule has 2 heterocycles. The highest BCUT2D eigenvalue weighted by Gasteiger charge is 2.29. The molecule has 0 aliphatic carbocycles. The predicted molar refractivity (Wildman–Crippen MR) is 92.4 cm³/mol. The first-order valence-electron chi connectivity index (χ1n) is 8.92. The van der Waals surface area contributed by atoms with Gasteiger partial charge < -0.3 is 18.9 Å². The van der Waals surface area contributed by atoms with Gasteiger partial charge in [0.25, 0.3) is 5.91 Å². The van der Waals surface area contributed by atoms with Crippen molar-refractivity contribution >= 4 is 5.91 Å². The van der Waals surface area contributed by atoms with E-state index in [1.165, 1.54) is 12.1 Å². The number of amides is 1. The average molecular weight is 380 g/mol. The summed E-state index contributed by atoms with van der Waals surface area (Å²) in [5.41, 5.74) is 0.159. The Bertz CT molecular complexity index is 761. The molecule has 27 heavy (non-hydrogen) atoms. The van der Waals surface area contributed by atoms with Crippen LogP contribution in [0.5, 0.6) is 5.75 Å². The first-order valence-corrected chi connectivity index (χ1v) is 8.92. The zero-order valence-corrected chi connectivity index (χ0v) is 15.1. The highest BCUT2D eigenvalue weighted by atomic mass is 19.1. The Labute approximate surface area is 156 Å². The van der Waals surface area contributed by atoms with Gasteiger partial charge in [-0.3, -0.25) is 4.79 Å². The van der Waals surface area contributed by atoms with Crippen LogP contribution in [0.1, 0.15) is 41.9 Å². The fourth-order valence-electron chi connectivity index (χ4n) is 3.21. The fourth-order valence-corrected chi connectivity index (χ4v) is 3.21. The number of hydrogen-bond donors (Lipinski definition) is 0. The van der Waals surface area contributed by atoms with Gasteiger partial charge in [0.05, 0.1) is 0 Å².